The minimum Gasteiger partial charge on any atom is -0.490 e. The molecule has 5 nitrogen and oxygen atoms in total. The smallest absolute Gasteiger partial charge is 0.203 e. The molecule has 5 heteroatoms. The molecule has 0 saturated heterocycles. The molecule has 0 spiro atoms. The van der Waals surface area contributed by atoms with Gasteiger partial charge in [-0.15, -0.1) is 0 Å². The zero-order valence-corrected chi connectivity index (χ0v) is 13.4. The molecule has 0 fully saturated rings. The van der Waals surface area contributed by atoms with Crippen molar-refractivity contribution in [2.45, 2.75) is 33.7 Å². The Morgan fingerprint density at radius 3 is 2.00 bits per heavy atom. The normalized spacial score (nSPS) is 10.5. The van der Waals surface area contributed by atoms with Gasteiger partial charge in [-0.05, 0) is 58.0 Å². The van der Waals surface area contributed by atoms with Gasteiger partial charge in [0.1, 0.15) is 0 Å². The molecule has 1 aromatic rings. The molecule has 1 aromatic carbocycles. The highest BCUT2D eigenvalue weighted by molar-refractivity contribution is 5.54. The summed E-state index contributed by atoms with van der Waals surface area (Å²) in [7, 11) is 0. The van der Waals surface area contributed by atoms with E-state index in [1.54, 1.807) is 0 Å². The minimum atomic E-state index is 0.578. The number of ether oxygens (including phenoxy) is 3. The van der Waals surface area contributed by atoms with E-state index in [-0.39, 0.29) is 0 Å². The van der Waals surface area contributed by atoms with E-state index in [4.69, 9.17) is 19.9 Å². The summed E-state index contributed by atoms with van der Waals surface area (Å²) in [5, 5.41) is 3.36. The van der Waals surface area contributed by atoms with Crippen molar-refractivity contribution in [2.75, 3.05) is 32.9 Å². The average molecular weight is 296 g/mol. The van der Waals surface area contributed by atoms with Crippen molar-refractivity contribution < 1.29 is 14.2 Å². The Bertz CT molecular complexity index is 384. The van der Waals surface area contributed by atoms with Crippen LogP contribution in [0.2, 0.25) is 0 Å². The number of benzene rings is 1. The van der Waals surface area contributed by atoms with Crippen molar-refractivity contribution >= 4 is 0 Å². The molecule has 0 aliphatic heterocycles. The second-order valence-corrected chi connectivity index (χ2v) is 4.54. The van der Waals surface area contributed by atoms with Gasteiger partial charge < -0.3 is 25.3 Å². The third-order valence-corrected chi connectivity index (χ3v) is 2.86. The van der Waals surface area contributed by atoms with Gasteiger partial charge in [0.05, 0.1) is 19.8 Å². The van der Waals surface area contributed by atoms with Crippen LogP contribution in [0, 0.1) is 0 Å². The molecule has 21 heavy (non-hydrogen) atoms. The summed E-state index contributed by atoms with van der Waals surface area (Å²) in [6.45, 7) is 9.99. The van der Waals surface area contributed by atoms with E-state index in [0.717, 1.165) is 36.6 Å². The average Bonchev–Trinajstić information content (AvgIpc) is 2.47. The highest BCUT2D eigenvalue weighted by Gasteiger charge is 2.14. The maximum absolute atomic E-state index is 5.69. The summed E-state index contributed by atoms with van der Waals surface area (Å²) in [4.78, 5) is 0. The van der Waals surface area contributed by atoms with E-state index in [0.29, 0.717) is 32.1 Å². The molecule has 0 aliphatic carbocycles. The Kier molecular flexibility index (Phi) is 8.62. The lowest BCUT2D eigenvalue weighted by molar-refractivity contribution is 0.260. The molecule has 0 amide bonds. The van der Waals surface area contributed by atoms with Gasteiger partial charge in [0.15, 0.2) is 11.5 Å². The lowest BCUT2D eigenvalue weighted by Crippen LogP contribution is -2.18. The summed E-state index contributed by atoms with van der Waals surface area (Å²) < 4.78 is 17.1. The van der Waals surface area contributed by atoms with Gasteiger partial charge in [-0.25, -0.2) is 0 Å². The van der Waals surface area contributed by atoms with Crippen LogP contribution in [0.3, 0.4) is 0 Å². The lowest BCUT2D eigenvalue weighted by Gasteiger charge is -2.17. The summed E-state index contributed by atoms with van der Waals surface area (Å²) in [5.41, 5.74) is 6.61. The van der Waals surface area contributed by atoms with E-state index in [2.05, 4.69) is 5.32 Å². The molecule has 0 saturated carbocycles. The zero-order valence-electron chi connectivity index (χ0n) is 13.4. The van der Waals surface area contributed by atoms with E-state index in [1.165, 1.54) is 0 Å². The van der Waals surface area contributed by atoms with Gasteiger partial charge in [0.2, 0.25) is 5.75 Å². The fourth-order valence-corrected chi connectivity index (χ4v) is 2.00. The quantitative estimate of drug-likeness (QED) is 0.614. The van der Waals surface area contributed by atoms with Crippen LogP contribution in [0.15, 0.2) is 12.1 Å². The second-order valence-electron chi connectivity index (χ2n) is 4.54. The predicted molar refractivity (Wildman–Crippen MR) is 85.3 cm³/mol. The molecule has 0 atom stereocenters. The van der Waals surface area contributed by atoms with Gasteiger partial charge in [0.25, 0.3) is 0 Å². The fraction of sp³-hybridized carbons (Fsp3) is 0.625. The Morgan fingerprint density at radius 1 is 0.952 bits per heavy atom. The van der Waals surface area contributed by atoms with E-state index >= 15 is 0 Å². The molecule has 1 rings (SSSR count). The highest BCUT2D eigenvalue weighted by atomic mass is 16.5. The van der Waals surface area contributed by atoms with Gasteiger partial charge >= 0.3 is 0 Å². The highest BCUT2D eigenvalue weighted by Crippen LogP contribution is 2.39. The zero-order chi connectivity index (χ0) is 15.5. The number of hydrogen-bond donors (Lipinski definition) is 2. The van der Waals surface area contributed by atoms with Crippen LogP contribution in [0.25, 0.3) is 0 Å². The molecule has 0 aromatic heterocycles. The Balaban J connectivity index is 2.92. The number of hydrogen-bond acceptors (Lipinski definition) is 5. The van der Waals surface area contributed by atoms with Crippen molar-refractivity contribution in [3.05, 3.63) is 17.7 Å². The third-order valence-electron chi connectivity index (χ3n) is 2.86. The van der Waals surface area contributed by atoms with Gasteiger partial charge in [-0.3, -0.25) is 0 Å². The fourth-order valence-electron chi connectivity index (χ4n) is 2.00. The maximum Gasteiger partial charge on any atom is 0.203 e. The van der Waals surface area contributed by atoms with Crippen LogP contribution in [-0.4, -0.2) is 32.9 Å². The number of nitrogens with two attached hydrogens (primary N) is 1. The van der Waals surface area contributed by atoms with Crippen LogP contribution < -0.4 is 25.3 Å². The largest absolute Gasteiger partial charge is 0.490 e. The monoisotopic (exact) mass is 296 g/mol. The van der Waals surface area contributed by atoms with E-state index in [1.807, 2.05) is 32.9 Å². The van der Waals surface area contributed by atoms with Crippen LogP contribution >= 0.6 is 0 Å². The van der Waals surface area contributed by atoms with Crippen molar-refractivity contribution in [1.82, 2.24) is 5.32 Å². The molecule has 0 heterocycles. The molecular formula is C16H28N2O3. The van der Waals surface area contributed by atoms with Crippen molar-refractivity contribution in [3.63, 3.8) is 0 Å². The number of rotatable bonds is 11. The van der Waals surface area contributed by atoms with Crippen LogP contribution in [-0.2, 0) is 6.54 Å². The van der Waals surface area contributed by atoms with E-state index in [9.17, 15) is 0 Å². The summed E-state index contributed by atoms with van der Waals surface area (Å²) in [6.07, 6.45) is 0.966. The number of nitrogens with one attached hydrogen (secondary N) is 1. The van der Waals surface area contributed by atoms with E-state index < -0.39 is 0 Å². The first kappa shape index (κ1) is 17.6. The molecular weight excluding hydrogens is 268 g/mol. The van der Waals surface area contributed by atoms with Crippen molar-refractivity contribution in [1.29, 1.82) is 0 Å². The first-order valence-electron chi connectivity index (χ1n) is 7.72. The lowest BCUT2D eigenvalue weighted by atomic mass is 10.1. The Hall–Kier alpha value is -1.46. The molecule has 0 radical (unpaired) electrons. The van der Waals surface area contributed by atoms with Crippen molar-refractivity contribution in [2.24, 2.45) is 5.73 Å². The van der Waals surface area contributed by atoms with Crippen molar-refractivity contribution in [3.8, 4) is 17.2 Å². The standard InChI is InChI=1S/C16H28N2O3/c1-4-19-14-10-13(12-18-9-7-8-17)11-15(20-5-2)16(14)21-6-3/h10-11,18H,4-9,12,17H2,1-3H3. The summed E-state index contributed by atoms with van der Waals surface area (Å²) in [6, 6.07) is 4.01. The maximum atomic E-state index is 5.69. The van der Waals surface area contributed by atoms with Gasteiger partial charge in [-0.1, -0.05) is 0 Å². The molecule has 0 bridgehead atoms. The molecule has 0 aliphatic rings. The van der Waals surface area contributed by atoms with Crippen LogP contribution in [0.1, 0.15) is 32.8 Å². The SMILES string of the molecule is CCOc1cc(CNCCCN)cc(OCC)c1OCC. The van der Waals surface area contributed by atoms with Gasteiger partial charge in [-0.2, -0.15) is 0 Å². The van der Waals surface area contributed by atoms with Gasteiger partial charge in [0, 0.05) is 6.54 Å². The predicted octanol–water partition coefficient (Wildman–Crippen LogP) is 2.32. The summed E-state index contributed by atoms with van der Waals surface area (Å²) in [5.74, 6) is 2.16. The first-order chi connectivity index (χ1) is 10.3. The third kappa shape index (κ3) is 5.81. The summed E-state index contributed by atoms with van der Waals surface area (Å²) >= 11 is 0. The topological polar surface area (TPSA) is 65.7 Å². The second kappa shape index (κ2) is 10.3. The molecule has 3 N–H and O–H groups in total. The Morgan fingerprint density at radius 2 is 1.52 bits per heavy atom. The Labute approximate surface area is 127 Å². The van der Waals surface area contributed by atoms with Crippen LogP contribution in [0.5, 0.6) is 17.2 Å². The minimum absolute atomic E-state index is 0.578. The van der Waals surface area contributed by atoms with Crippen LogP contribution in [0.4, 0.5) is 0 Å². The molecule has 0 unspecified atom stereocenters. The molecule has 120 valence electrons. The first-order valence-corrected chi connectivity index (χ1v) is 7.72.